The molecular formula is C16H15NO. The number of rotatable bonds is 3. The van der Waals surface area contributed by atoms with Crippen LogP contribution >= 0.6 is 0 Å². The average Bonchev–Trinajstić information content (AvgIpc) is 2.46. The van der Waals surface area contributed by atoms with Gasteiger partial charge < -0.3 is 5.32 Å². The second-order valence-corrected chi connectivity index (χ2v) is 3.90. The molecule has 0 aromatic heterocycles. The molecule has 1 N–H and O–H groups in total. The fraction of sp³-hybridized carbons (Fsp3) is 0.0625. The summed E-state index contributed by atoms with van der Waals surface area (Å²) in [6, 6.07) is 18.2. The van der Waals surface area contributed by atoms with E-state index < -0.39 is 0 Å². The van der Waals surface area contributed by atoms with Gasteiger partial charge in [0.1, 0.15) is 0 Å². The largest absolute Gasteiger partial charge is 0.356 e. The summed E-state index contributed by atoms with van der Waals surface area (Å²) >= 11 is 0. The van der Waals surface area contributed by atoms with Crippen molar-refractivity contribution in [3.63, 3.8) is 0 Å². The Balaban J connectivity index is 2.38. The normalized spacial score (nSPS) is 10.5. The van der Waals surface area contributed by atoms with E-state index in [0.717, 1.165) is 16.7 Å². The molecule has 90 valence electrons. The Bertz CT molecular complexity index is 558. The van der Waals surface area contributed by atoms with Crippen molar-refractivity contribution in [1.29, 1.82) is 0 Å². The first-order chi connectivity index (χ1) is 8.81. The second-order valence-electron chi connectivity index (χ2n) is 3.90. The number of carbonyl (C=O) groups excluding carboxylic acids is 1. The van der Waals surface area contributed by atoms with E-state index in [1.54, 1.807) is 13.1 Å². The Hall–Kier alpha value is -2.35. The van der Waals surface area contributed by atoms with Crippen LogP contribution in [0.25, 0.3) is 17.2 Å². The minimum absolute atomic E-state index is 0.0992. The maximum Gasteiger partial charge on any atom is 0.243 e. The van der Waals surface area contributed by atoms with Crippen molar-refractivity contribution < 1.29 is 4.79 Å². The van der Waals surface area contributed by atoms with Gasteiger partial charge in [0.15, 0.2) is 0 Å². The molecule has 2 heteroatoms. The van der Waals surface area contributed by atoms with Gasteiger partial charge in [-0.2, -0.15) is 0 Å². The summed E-state index contributed by atoms with van der Waals surface area (Å²) in [5.41, 5.74) is 3.31. The first-order valence-electron chi connectivity index (χ1n) is 5.85. The van der Waals surface area contributed by atoms with E-state index in [2.05, 4.69) is 23.5 Å². The van der Waals surface area contributed by atoms with E-state index in [4.69, 9.17) is 0 Å². The van der Waals surface area contributed by atoms with Crippen molar-refractivity contribution in [2.75, 3.05) is 7.05 Å². The predicted molar refractivity (Wildman–Crippen MR) is 75.0 cm³/mol. The monoisotopic (exact) mass is 237 g/mol. The van der Waals surface area contributed by atoms with Gasteiger partial charge in [0.25, 0.3) is 0 Å². The average molecular weight is 237 g/mol. The predicted octanol–water partition coefficient (Wildman–Crippen LogP) is 3.11. The summed E-state index contributed by atoms with van der Waals surface area (Å²) in [5, 5.41) is 2.57. The van der Waals surface area contributed by atoms with Crippen molar-refractivity contribution in [2.24, 2.45) is 0 Å². The third kappa shape index (κ3) is 2.86. The van der Waals surface area contributed by atoms with E-state index in [-0.39, 0.29) is 5.91 Å². The smallest absolute Gasteiger partial charge is 0.243 e. The molecule has 0 bridgehead atoms. The summed E-state index contributed by atoms with van der Waals surface area (Å²) < 4.78 is 0. The zero-order chi connectivity index (χ0) is 12.8. The molecule has 2 nitrogen and oxygen atoms in total. The molecule has 0 unspecified atom stereocenters. The topological polar surface area (TPSA) is 29.1 Å². The van der Waals surface area contributed by atoms with Crippen LogP contribution in [0.2, 0.25) is 0 Å². The van der Waals surface area contributed by atoms with E-state index >= 15 is 0 Å². The minimum Gasteiger partial charge on any atom is -0.356 e. The van der Waals surface area contributed by atoms with E-state index in [9.17, 15) is 4.79 Å². The van der Waals surface area contributed by atoms with Crippen molar-refractivity contribution in [3.8, 4) is 11.1 Å². The number of hydrogen-bond donors (Lipinski definition) is 1. The summed E-state index contributed by atoms with van der Waals surface area (Å²) in [7, 11) is 1.62. The van der Waals surface area contributed by atoms with Crippen molar-refractivity contribution in [1.82, 2.24) is 5.32 Å². The van der Waals surface area contributed by atoms with Crippen molar-refractivity contribution in [2.45, 2.75) is 0 Å². The Morgan fingerprint density at radius 2 is 1.67 bits per heavy atom. The number of carbonyl (C=O) groups is 1. The van der Waals surface area contributed by atoms with Crippen LogP contribution in [0, 0.1) is 0 Å². The van der Waals surface area contributed by atoms with Gasteiger partial charge in [-0.25, -0.2) is 0 Å². The Kier molecular flexibility index (Phi) is 3.92. The molecule has 0 fully saturated rings. The lowest BCUT2D eigenvalue weighted by Gasteiger charge is -2.05. The number of likely N-dealkylation sites (N-methyl/N-ethyl adjacent to an activating group) is 1. The van der Waals surface area contributed by atoms with Gasteiger partial charge in [-0.15, -0.1) is 0 Å². The van der Waals surface area contributed by atoms with Crippen molar-refractivity contribution >= 4 is 12.0 Å². The summed E-state index contributed by atoms with van der Waals surface area (Å²) in [6.45, 7) is 0. The highest BCUT2D eigenvalue weighted by molar-refractivity contribution is 5.92. The van der Waals surface area contributed by atoms with Gasteiger partial charge in [-0.1, -0.05) is 54.6 Å². The molecule has 2 aromatic rings. The first-order valence-corrected chi connectivity index (χ1v) is 5.85. The molecule has 0 atom stereocenters. The SMILES string of the molecule is CNC(=O)/C=C/c1ccccc1-c1ccccc1. The van der Waals surface area contributed by atoms with Crippen LogP contribution in [-0.2, 0) is 4.79 Å². The molecule has 0 aliphatic heterocycles. The van der Waals surface area contributed by atoms with Crippen LogP contribution in [0.3, 0.4) is 0 Å². The third-order valence-corrected chi connectivity index (χ3v) is 2.71. The van der Waals surface area contributed by atoms with E-state index in [0.29, 0.717) is 0 Å². The molecule has 0 aliphatic carbocycles. The highest BCUT2D eigenvalue weighted by atomic mass is 16.1. The number of nitrogens with one attached hydrogen (secondary N) is 1. The van der Waals surface area contributed by atoms with Gasteiger partial charge >= 0.3 is 0 Å². The van der Waals surface area contributed by atoms with Gasteiger partial charge in [0.2, 0.25) is 5.91 Å². The Labute approximate surface area is 107 Å². The molecule has 0 heterocycles. The van der Waals surface area contributed by atoms with E-state index in [1.807, 2.05) is 42.5 Å². The molecule has 2 aromatic carbocycles. The van der Waals surface area contributed by atoms with E-state index in [1.165, 1.54) is 0 Å². The first kappa shape index (κ1) is 12.1. The molecule has 18 heavy (non-hydrogen) atoms. The van der Waals surface area contributed by atoms with Crippen LogP contribution in [0.4, 0.5) is 0 Å². The Morgan fingerprint density at radius 1 is 1.00 bits per heavy atom. The molecule has 0 saturated heterocycles. The third-order valence-electron chi connectivity index (χ3n) is 2.71. The van der Waals surface area contributed by atoms with Crippen LogP contribution in [0.1, 0.15) is 5.56 Å². The number of hydrogen-bond acceptors (Lipinski definition) is 1. The summed E-state index contributed by atoms with van der Waals surface area (Å²) in [6.07, 6.45) is 3.38. The lowest BCUT2D eigenvalue weighted by Crippen LogP contribution is -2.13. The zero-order valence-electron chi connectivity index (χ0n) is 10.3. The molecular weight excluding hydrogens is 222 g/mol. The minimum atomic E-state index is -0.0992. The van der Waals surface area contributed by atoms with Gasteiger partial charge in [-0.05, 0) is 22.8 Å². The van der Waals surface area contributed by atoms with Crippen LogP contribution in [0.15, 0.2) is 60.7 Å². The van der Waals surface area contributed by atoms with Crippen LogP contribution in [-0.4, -0.2) is 13.0 Å². The highest BCUT2D eigenvalue weighted by Crippen LogP contribution is 2.24. The molecule has 0 spiro atoms. The zero-order valence-corrected chi connectivity index (χ0v) is 10.3. The number of amides is 1. The molecule has 2 rings (SSSR count). The van der Waals surface area contributed by atoms with Gasteiger partial charge in [0, 0.05) is 13.1 Å². The maximum absolute atomic E-state index is 11.2. The van der Waals surface area contributed by atoms with Crippen LogP contribution in [0.5, 0.6) is 0 Å². The van der Waals surface area contributed by atoms with Gasteiger partial charge in [0.05, 0.1) is 0 Å². The van der Waals surface area contributed by atoms with Crippen molar-refractivity contribution in [3.05, 3.63) is 66.2 Å². The Morgan fingerprint density at radius 3 is 2.39 bits per heavy atom. The second kappa shape index (κ2) is 5.82. The lowest BCUT2D eigenvalue weighted by molar-refractivity contribution is -0.115. The van der Waals surface area contributed by atoms with Crippen LogP contribution < -0.4 is 5.32 Å². The molecule has 0 radical (unpaired) electrons. The summed E-state index contributed by atoms with van der Waals surface area (Å²) in [4.78, 5) is 11.2. The number of benzene rings is 2. The van der Waals surface area contributed by atoms with Gasteiger partial charge in [-0.3, -0.25) is 4.79 Å². The quantitative estimate of drug-likeness (QED) is 0.816. The lowest BCUT2D eigenvalue weighted by atomic mass is 9.99. The molecule has 0 saturated carbocycles. The molecule has 0 aliphatic rings. The highest BCUT2D eigenvalue weighted by Gasteiger charge is 2.01. The fourth-order valence-electron chi connectivity index (χ4n) is 1.77. The standard InChI is InChI=1S/C16H15NO/c1-17-16(18)12-11-14-9-5-6-10-15(14)13-7-3-2-4-8-13/h2-12H,1H3,(H,17,18)/b12-11+. The maximum atomic E-state index is 11.2. The molecule has 1 amide bonds. The summed E-state index contributed by atoms with van der Waals surface area (Å²) in [5.74, 6) is -0.0992. The fourth-order valence-corrected chi connectivity index (χ4v) is 1.77.